The fourth-order valence-corrected chi connectivity index (χ4v) is 5.58. The van der Waals surface area contributed by atoms with Crippen molar-refractivity contribution in [3.05, 3.63) is 53.9 Å². The summed E-state index contributed by atoms with van der Waals surface area (Å²) < 4.78 is 70.4. The molecule has 1 aromatic carbocycles. The molecule has 1 amide bonds. The zero-order chi connectivity index (χ0) is 26.8. The molecule has 0 spiro atoms. The van der Waals surface area contributed by atoms with E-state index in [1.54, 1.807) is 49.0 Å². The molecule has 2 heterocycles. The van der Waals surface area contributed by atoms with Gasteiger partial charge in [0.25, 0.3) is 5.91 Å². The number of benzene rings is 1. The van der Waals surface area contributed by atoms with E-state index in [-0.39, 0.29) is 48.5 Å². The first kappa shape index (κ1) is 27.0. The van der Waals surface area contributed by atoms with Crippen LogP contribution in [0.25, 0.3) is 10.9 Å². The molecule has 1 aliphatic rings. The molecule has 0 aliphatic heterocycles. The average Bonchev–Trinajstić information content (AvgIpc) is 3.23. The van der Waals surface area contributed by atoms with E-state index in [0.29, 0.717) is 29.9 Å². The Morgan fingerprint density at radius 3 is 2.43 bits per heavy atom. The third-order valence-electron chi connectivity index (χ3n) is 7.02. The van der Waals surface area contributed by atoms with Gasteiger partial charge in [-0.25, -0.2) is 13.4 Å². The van der Waals surface area contributed by atoms with E-state index in [0.717, 1.165) is 10.9 Å². The van der Waals surface area contributed by atoms with E-state index >= 15 is 0 Å². The normalized spacial score (nSPS) is 18.6. The highest BCUT2D eigenvalue weighted by molar-refractivity contribution is 7.91. The van der Waals surface area contributed by atoms with Crippen LogP contribution in [0.4, 0.5) is 13.2 Å². The Balaban J connectivity index is 1.40. The summed E-state index contributed by atoms with van der Waals surface area (Å²) in [6.07, 6.45) is -1.44. The lowest BCUT2D eigenvalue weighted by molar-refractivity contribution is -0.184. The smallest absolute Gasteiger partial charge is 0.391 e. The summed E-state index contributed by atoms with van der Waals surface area (Å²) in [7, 11) is -1.56. The molecule has 1 aliphatic carbocycles. The molecule has 0 atom stereocenters. The first-order valence-electron chi connectivity index (χ1n) is 12.2. The van der Waals surface area contributed by atoms with Gasteiger partial charge >= 0.3 is 6.18 Å². The molecule has 1 N–H and O–H groups in total. The van der Waals surface area contributed by atoms with Crippen LogP contribution in [0.3, 0.4) is 0 Å². The second kappa shape index (κ2) is 10.7. The van der Waals surface area contributed by atoms with Crippen molar-refractivity contribution in [1.82, 2.24) is 14.9 Å². The van der Waals surface area contributed by atoms with Crippen LogP contribution in [-0.4, -0.2) is 42.4 Å². The number of aryl methyl sites for hydroxylation is 1. The Hall–Kier alpha value is -3.08. The average molecular weight is 538 g/mol. The highest BCUT2D eigenvalue weighted by Gasteiger charge is 2.41. The van der Waals surface area contributed by atoms with E-state index in [4.69, 9.17) is 4.74 Å². The van der Waals surface area contributed by atoms with Gasteiger partial charge in [-0.1, -0.05) is 19.1 Å². The molecule has 0 unspecified atom stereocenters. The molecule has 11 heteroatoms. The van der Waals surface area contributed by atoms with Crippen LogP contribution in [0, 0.1) is 11.8 Å². The topological polar surface area (TPSA) is 90.3 Å². The number of aromatic nitrogens is 2. The number of nitrogens with one attached hydrogen (secondary N) is 1. The molecule has 3 aromatic rings. The summed E-state index contributed by atoms with van der Waals surface area (Å²) in [5, 5.41) is 3.60. The van der Waals surface area contributed by atoms with Crippen molar-refractivity contribution < 1.29 is 31.1 Å². The molecule has 37 heavy (non-hydrogen) atoms. The van der Waals surface area contributed by atoms with Gasteiger partial charge in [-0.15, -0.1) is 0 Å². The molecule has 0 bridgehead atoms. The SMILES string of the molecule is CCS(=O)(=O)c1ccc(CNC(=O)c2cc3ccnc(OC[C@H]4CC[C@H](C(F)(F)F)CC4)c3n2C)cc1. The van der Waals surface area contributed by atoms with Gasteiger partial charge in [0.1, 0.15) is 11.2 Å². The fourth-order valence-electron chi connectivity index (χ4n) is 4.70. The number of pyridine rings is 1. The Kier molecular flexibility index (Phi) is 7.82. The third-order valence-corrected chi connectivity index (χ3v) is 8.77. The number of carbonyl (C=O) groups excluding carboxylic acids is 1. The Morgan fingerprint density at radius 2 is 1.81 bits per heavy atom. The highest BCUT2D eigenvalue weighted by atomic mass is 32.2. The number of nitrogens with zero attached hydrogens (tertiary/aromatic N) is 2. The van der Waals surface area contributed by atoms with Gasteiger partial charge in [0.2, 0.25) is 5.88 Å². The zero-order valence-corrected chi connectivity index (χ0v) is 21.5. The predicted octanol–water partition coefficient (Wildman–Crippen LogP) is 5.04. The lowest BCUT2D eigenvalue weighted by Gasteiger charge is -2.29. The first-order valence-corrected chi connectivity index (χ1v) is 13.9. The monoisotopic (exact) mass is 537 g/mol. The van der Waals surface area contributed by atoms with E-state index in [1.165, 1.54) is 12.1 Å². The van der Waals surface area contributed by atoms with Crippen LogP contribution >= 0.6 is 0 Å². The highest BCUT2D eigenvalue weighted by Crippen LogP contribution is 2.39. The van der Waals surface area contributed by atoms with Crippen molar-refractivity contribution in [2.45, 2.75) is 50.2 Å². The van der Waals surface area contributed by atoms with Gasteiger partial charge in [-0.05, 0) is 61.4 Å². The molecule has 1 fully saturated rings. The van der Waals surface area contributed by atoms with E-state index in [9.17, 15) is 26.4 Å². The maximum atomic E-state index is 12.9. The van der Waals surface area contributed by atoms with Crippen LogP contribution in [0.2, 0.25) is 0 Å². The Bertz CT molecular complexity index is 1360. The molecule has 0 saturated heterocycles. The van der Waals surface area contributed by atoms with Crippen molar-refractivity contribution in [3.63, 3.8) is 0 Å². The third kappa shape index (κ3) is 6.08. The van der Waals surface area contributed by atoms with Crippen molar-refractivity contribution >= 4 is 26.6 Å². The number of alkyl halides is 3. The number of amides is 1. The minimum atomic E-state index is -4.14. The van der Waals surface area contributed by atoms with Crippen molar-refractivity contribution in [2.75, 3.05) is 12.4 Å². The molecule has 4 rings (SSSR count). The lowest BCUT2D eigenvalue weighted by atomic mass is 9.82. The van der Waals surface area contributed by atoms with E-state index in [1.807, 2.05) is 0 Å². The van der Waals surface area contributed by atoms with Gasteiger partial charge in [0.15, 0.2) is 9.84 Å². The second-order valence-electron chi connectivity index (χ2n) is 9.44. The quantitative estimate of drug-likeness (QED) is 0.435. The van der Waals surface area contributed by atoms with Crippen molar-refractivity contribution in [2.24, 2.45) is 18.9 Å². The molecule has 1 saturated carbocycles. The first-order chi connectivity index (χ1) is 17.5. The summed E-state index contributed by atoms with van der Waals surface area (Å²) in [4.78, 5) is 17.5. The number of hydrogen-bond donors (Lipinski definition) is 1. The summed E-state index contributed by atoms with van der Waals surface area (Å²) >= 11 is 0. The lowest BCUT2D eigenvalue weighted by Crippen LogP contribution is -2.29. The number of sulfone groups is 1. The number of hydrogen-bond acceptors (Lipinski definition) is 5. The van der Waals surface area contributed by atoms with Crippen LogP contribution in [0.15, 0.2) is 47.5 Å². The molecule has 2 aromatic heterocycles. The Labute approximate surface area is 213 Å². The van der Waals surface area contributed by atoms with Gasteiger partial charge in [0.05, 0.1) is 23.2 Å². The van der Waals surface area contributed by atoms with Crippen LogP contribution in [0.1, 0.15) is 48.7 Å². The summed E-state index contributed by atoms with van der Waals surface area (Å²) in [6.45, 7) is 2.07. The number of halogens is 3. The number of fused-ring (bicyclic) bond motifs is 1. The van der Waals surface area contributed by atoms with Crippen molar-refractivity contribution in [1.29, 1.82) is 0 Å². The number of carbonyl (C=O) groups is 1. The van der Waals surface area contributed by atoms with Crippen molar-refractivity contribution in [3.8, 4) is 5.88 Å². The summed E-state index contributed by atoms with van der Waals surface area (Å²) in [5.74, 6) is -1.17. The summed E-state index contributed by atoms with van der Waals surface area (Å²) in [5.41, 5.74) is 1.78. The molecule has 0 radical (unpaired) electrons. The number of ether oxygens (including phenoxy) is 1. The second-order valence-corrected chi connectivity index (χ2v) is 11.7. The van der Waals surface area contributed by atoms with Crippen LogP contribution in [-0.2, 0) is 23.4 Å². The predicted molar refractivity (Wildman–Crippen MR) is 133 cm³/mol. The summed E-state index contributed by atoms with van der Waals surface area (Å²) in [6, 6.07) is 9.89. The largest absolute Gasteiger partial charge is 0.476 e. The van der Waals surface area contributed by atoms with Gasteiger partial charge in [0, 0.05) is 25.2 Å². The fraction of sp³-hybridized carbons (Fsp3) is 0.462. The van der Waals surface area contributed by atoms with Gasteiger partial charge < -0.3 is 14.6 Å². The van der Waals surface area contributed by atoms with E-state index in [2.05, 4.69) is 10.3 Å². The zero-order valence-electron chi connectivity index (χ0n) is 20.7. The number of rotatable bonds is 8. The maximum absolute atomic E-state index is 12.9. The Morgan fingerprint density at radius 1 is 1.14 bits per heavy atom. The van der Waals surface area contributed by atoms with Gasteiger partial charge in [-0.3, -0.25) is 4.79 Å². The molecular weight excluding hydrogens is 507 g/mol. The van der Waals surface area contributed by atoms with Crippen LogP contribution < -0.4 is 10.1 Å². The standard InChI is InChI=1S/C26H30F3N3O4S/c1-3-37(34,35)21-10-6-17(7-11-21)15-31-24(33)22-14-19-12-13-30-25(23(19)32(22)2)36-16-18-4-8-20(9-5-18)26(27,28)29/h6-7,10-14,18,20H,3-5,8-9,15-16H2,1-2H3,(H,31,33)/t18-,20-. The molecule has 200 valence electrons. The maximum Gasteiger partial charge on any atom is 0.391 e. The molecule has 7 nitrogen and oxygen atoms in total. The minimum Gasteiger partial charge on any atom is -0.476 e. The van der Waals surface area contributed by atoms with E-state index < -0.39 is 21.9 Å². The molecular formula is C26H30F3N3O4S. The van der Waals surface area contributed by atoms with Gasteiger partial charge in [-0.2, -0.15) is 13.2 Å². The van der Waals surface area contributed by atoms with Crippen LogP contribution in [0.5, 0.6) is 5.88 Å². The minimum absolute atomic E-state index is 0.0177.